The number of imidazole rings is 1. The van der Waals surface area contributed by atoms with Crippen LogP contribution < -0.4 is 16.4 Å². The van der Waals surface area contributed by atoms with E-state index in [0.717, 1.165) is 23.5 Å². The Kier molecular flexibility index (Phi) is 6.43. The number of nitrogens with one attached hydrogen (secondary N) is 2. The molecule has 0 aliphatic rings. The first kappa shape index (κ1) is 21.8. The number of anilines is 2. The first-order valence-electron chi connectivity index (χ1n) is 9.72. The van der Waals surface area contributed by atoms with Gasteiger partial charge in [-0.05, 0) is 57.5 Å². The summed E-state index contributed by atoms with van der Waals surface area (Å²) >= 11 is 6.36. The lowest BCUT2D eigenvalue weighted by Gasteiger charge is -2.18. The van der Waals surface area contributed by atoms with E-state index in [-0.39, 0.29) is 11.4 Å². The summed E-state index contributed by atoms with van der Waals surface area (Å²) in [5.74, 6) is 1.20. The van der Waals surface area contributed by atoms with Gasteiger partial charge < -0.3 is 20.9 Å². The highest BCUT2D eigenvalue weighted by molar-refractivity contribution is 6.33. The molecule has 0 saturated heterocycles. The van der Waals surface area contributed by atoms with Crippen molar-refractivity contribution in [1.82, 2.24) is 14.5 Å². The third-order valence-electron chi connectivity index (χ3n) is 4.79. The molecule has 0 bridgehead atoms. The largest absolute Gasteiger partial charge is 0.370 e. The number of nitrogens with zero attached hydrogens (tertiary/aromatic N) is 3. The van der Waals surface area contributed by atoms with Crippen molar-refractivity contribution in [2.45, 2.75) is 32.7 Å². The van der Waals surface area contributed by atoms with Crippen LogP contribution in [0.5, 0.6) is 0 Å². The Morgan fingerprint density at radius 3 is 2.57 bits per heavy atom. The Morgan fingerprint density at radius 2 is 1.97 bits per heavy atom. The molecule has 4 N–H and O–H groups in total. The van der Waals surface area contributed by atoms with Crippen LogP contribution in [0.4, 0.5) is 11.5 Å². The molecule has 2 heterocycles. The smallest absolute Gasteiger partial charge is 0.257 e. The molecule has 1 aromatic carbocycles. The van der Waals surface area contributed by atoms with E-state index in [1.165, 1.54) is 0 Å². The van der Waals surface area contributed by atoms with Crippen LogP contribution in [0.1, 0.15) is 36.3 Å². The van der Waals surface area contributed by atoms with Gasteiger partial charge in [0.05, 0.1) is 10.6 Å². The van der Waals surface area contributed by atoms with Gasteiger partial charge in [0.2, 0.25) is 0 Å². The Bertz CT molecular complexity index is 1040. The van der Waals surface area contributed by atoms with Crippen LogP contribution in [0, 0.1) is 6.92 Å². The maximum absolute atomic E-state index is 12.6. The van der Waals surface area contributed by atoms with Crippen molar-refractivity contribution in [3.63, 3.8) is 0 Å². The molecule has 0 atom stereocenters. The molecule has 0 aliphatic carbocycles. The lowest BCUT2D eigenvalue weighted by Crippen LogP contribution is -2.34. The molecule has 0 saturated carbocycles. The van der Waals surface area contributed by atoms with Crippen LogP contribution >= 0.6 is 11.6 Å². The van der Waals surface area contributed by atoms with E-state index in [0.29, 0.717) is 28.6 Å². The number of carbonyl (C=O) groups is 1. The molecule has 8 heteroatoms. The second kappa shape index (κ2) is 8.85. The van der Waals surface area contributed by atoms with E-state index in [4.69, 9.17) is 17.3 Å². The van der Waals surface area contributed by atoms with E-state index in [9.17, 15) is 4.79 Å². The summed E-state index contributed by atoms with van der Waals surface area (Å²) in [5, 5.41) is 6.67. The molecule has 0 radical (unpaired) electrons. The molecule has 3 aromatic rings. The fourth-order valence-corrected chi connectivity index (χ4v) is 3.07. The zero-order valence-corrected chi connectivity index (χ0v) is 18.4. The number of benzene rings is 1. The summed E-state index contributed by atoms with van der Waals surface area (Å²) in [7, 11) is 1.93. The van der Waals surface area contributed by atoms with Gasteiger partial charge >= 0.3 is 0 Å². The van der Waals surface area contributed by atoms with E-state index in [1.54, 1.807) is 36.7 Å². The number of carbonyl (C=O) groups excluding carboxylic acids is 1. The molecular weight excluding hydrogens is 400 g/mol. The highest BCUT2D eigenvalue weighted by atomic mass is 35.5. The molecule has 0 aliphatic heterocycles. The second-order valence-corrected chi connectivity index (χ2v) is 8.44. The normalized spacial score (nSPS) is 11.4. The van der Waals surface area contributed by atoms with Gasteiger partial charge in [-0.15, -0.1) is 0 Å². The molecule has 7 nitrogen and oxygen atoms in total. The summed E-state index contributed by atoms with van der Waals surface area (Å²) in [6.45, 7) is 6.64. The van der Waals surface area contributed by atoms with Crippen molar-refractivity contribution in [2.75, 3.05) is 17.2 Å². The lowest BCUT2D eigenvalue weighted by molar-refractivity contribution is 0.102. The third kappa shape index (κ3) is 5.37. The minimum atomic E-state index is -0.249. The topological polar surface area (TPSA) is 97.9 Å². The Morgan fingerprint density at radius 1 is 1.20 bits per heavy atom. The minimum absolute atomic E-state index is 0.238. The predicted octanol–water partition coefficient (Wildman–Crippen LogP) is 4.24. The Labute approximate surface area is 181 Å². The number of aryl methyl sites for hydroxylation is 1. The van der Waals surface area contributed by atoms with E-state index < -0.39 is 0 Å². The number of hydrogen-bond donors (Lipinski definition) is 3. The van der Waals surface area contributed by atoms with Gasteiger partial charge in [-0.3, -0.25) is 4.79 Å². The van der Waals surface area contributed by atoms with Crippen molar-refractivity contribution in [3.8, 4) is 11.4 Å². The van der Waals surface area contributed by atoms with Crippen molar-refractivity contribution in [3.05, 3.63) is 59.0 Å². The number of aromatic nitrogens is 3. The molecule has 0 fully saturated rings. The van der Waals surface area contributed by atoms with Gasteiger partial charge in [0.15, 0.2) is 0 Å². The standard InChI is InChI=1S/C22H27ClN6O/c1-14-12-27-20(29(14)4)17-11-16(6-7-18(17)23)28-21(30)15-5-8-19(26-13-15)25-10-9-22(2,3)24/h5-8,11-13H,9-10,24H2,1-4H3,(H,25,26)(H,28,30). The van der Waals surface area contributed by atoms with E-state index in [2.05, 4.69) is 20.6 Å². The van der Waals surface area contributed by atoms with Crippen LogP contribution in [-0.4, -0.2) is 32.5 Å². The minimum Gasteiger partial charge on any atom is -0.370 e. The highest BCUT2D eigenvalue weighted by Crippen LogP contribution is 2.30. The quantitative estimate of drug-likeness (QED) is 0.525. The predicted molar refractivity (Wildman–Crippen MR) is 122 cm³/mol. The molecule has 0 spiro atoms. The SMILES string of the molecule is Cc1cnc(-c2cc(NC(=O)c3ccc(NCCC(C)(C)N)nc3)ccc2Cl)n1C. The van der Waals surface area contributed by atoms with Gasteiger partial charge in [-0.2, -0.15) is 0 Å². The van der Waals surface area contributed by atoms with Crippen LogP contribution in [-0.2, 0) is 7.05 Å². The Hall–Kier alpha value is -2.90. The molecule has 2 aromatic heterocycles. The average Bonchev–Trinajstić information content (AvgIpc) is 3.01. The first-order valence-corrected chi connectivity index (χ1v) is 10.1. The fourth-order valence-electron chi connectivity index (χ4n) is 2.87. The van der Waals surface area contributed by atoms with Gasteiger partial charge in [0.25, 0.3) is 5.91 Å². The number of amides is 1. The molecule has 3 rings (SSSR count). The summed E-state index contributed by atoms with van der Waals surface area (Å²) < 4.78 is 1.95. The lowest BCUT2D eigenvalue weighted by atomic mass is 10.0. The zero-order chi connectivity index (χ0) is 21.9. The number of halogens is 1. The summed E-state index contributed by atoms with van der Waals surface area (Å²) in [5.41, 5.74) is 8.61. The van der Waals surface area contributed by atoms with Crippen LogP contribution in [0.2, 0.25) is 5.02 Å². The average molecular weight is 427 g/mol. The van der Waals surface area contributed by atoms with E-state index >= 15 is 0 Å². The first-order chi connectivity index (χ1) is 14.1. The van der Waals surface area contributed by atoms with Crippen LogP contribution in [0.25, 0.3) is 11.4 Å². The maximum atomic E-state index is 12.6. The number of rotatable bonds is 7. The molecule has 158 valence electrons. The van der Waals surface area contributed by atoms with Crippen molar-refractivity contribution in [2.24, 2.45) is 12.8 Å². The highest BCUT2D eigenvalue weighted by Gasteiger charge is 2.14. The Balaban J connectivity index is 1.69. The number of hydrogen-bond acceptors (Lipinski definition) is 5. The van der Waals surface area contributed by atoms with Crippen LogP contribution in [0.15, 0.2) is 42.7 Å². The maximum Gasteiger partial charge on any atom is 0.257 e. The third-order valence-corrected chi connectivity index (χ3v) is 5.12. The van der Waals surface area contributed by atoms with Gasteiger partial charge in [0.1, 0.15) is 11.6 Å². The van der Waals surface area contributed by atoms with Crippen molar-refractivity contribution in [1.29, 1.82) is 0 Å². The summed E-state index contributed by atoms with van der Waals surface area (Å²) in [6, 6.07) is 8.84. The van der Waals surface area contributed by atoms with Crippen molar-refractivity contribution >= 4 is 29.0 Å². The van der Waals surface area contributed by atoms with E-state index in [1.807, 2.05) is 38.5 Å². The molecule has 1 amide bonds. The number of pyridine rings is 1. The van der Waals surface area contributed by atoms with Gasteiger partial charge in [0, 0.05) is 48.5 Å². The molecule has 0 unspecified atom stereocenters. The van der Waals surface area contributed by atoms with Crippen molar-refractivity contribution < 1.29 is 4.79 Å². The van der Waals surface area contributed by atoms with Crippen LogP contribution in [0.3, 0.4) is 0 Å². The fraction of sp³-hybridized carbons (Fsp3) is 0.318. The monoisotopic (exact) mass is 426 g/mol. The zero-order valence-electron chi connectivity index (χ0n) is 17.7. The molecule has 30 heavy (non-hydrogen) atoms. The summed E-state index contributed by atoms with van der Waals surface area (Å²) in [4.78, 5) is 21.4. The summed E-state index contributed by atoms with van der Waals surface area (Å²) in [6.07, 6.45) is 4.14. The van der Waals surface area contributed by atoms with Gasteiger partial charge in [-0.1, -0.05) is 11.6 Å². The number of nitrogens with two attached hydrogens (primary N) is 1. The molecular formula is C22H27ClN6O. The second-order valence-electron chi connectivity index (χ2n) is 8.03. The van der Waals surface area contributed by atoms with Gasteiger partial charge in [-0.25, -0.2) is 9.97 Å².